The fraction of sp³-hybridized carbons (Fsp3) is 0.673. The van der Waals surface area contributed by atoms with Gasteiger partial charge in [-0.1, -0.05) is 51.4 Å². The molecule has 0 aliphatic heterocycles. The van der Waals surface area contributed by atoms with Crippen LogP contribution in [0, 0.1) is 5.92 Å². The van der Waals surface area contributed by atoms with Crippen molar-refractivity contribution >= 4 is 58.9 Å². The molecule has 0 aromatic heterocycles. The zero-order chi connectivity index (χ0) is 51.6. The zero-order valence-electron chi connectivity index (χ0n) is 40.4. The molecule has 20 heteroatoms. The lowest BCUT2D eigenvalue weighted by Gasteiger charge is -2.17. The summed E-state index contributed by atoms with van der Waals surface area (Å²) in [4.78, 5) is 121. The number of hydrogen-bond acceptors (Lipinski definition) is 13. The van der Waals surface area contributed by atoms with Crippen molar-refractivity contribution in [2.75, 3.05) is 20.2 Å². The second-order valence-electron chi connectivity index (χ2n) is 17.6. The summed E-state index contributed by atoms with van der Waals surface area (Å²) >= 11 is 0. The summed E-state index contributed by atoms with van der Waals surface area (Å²) in [6.07, 6.45) is 9.52. The van der Waals surface area contributed by atoms with E-state index in [2.05, 4.69) is 21.3 Å². The van der Waals surface area contributed by atoms with Crippen molar-refractivity contribution in [2.45, 2.75) is 185 Å². The number of hydrogen-bond donors (Lipinski definition) is 9. The normalized spacial score (nSPS) is 13.2. The van der Waals surface area contributed by atoms with Crippen LogP contribution >= 0.6 is 0 Å². The minimum atomic E-state index is -1.40. The molecule has 1 rings (SSSR count). The number of aromatic carboxylic acids is 1. The van der Waals surface area contributed by atoms with E-state index in [1.165, 1.54) is 19.1 Å². The topological polar surface area (TPSA) is 335 Å². The van der Waals surface area contributed by atoms with Crippen LogP contribution in [-0.4, -0.2) is 124 Å². The van der Waals surface area contributed by atoms with E-state index >= 15 is 0 Å². The highest BCUT2D eigenvalue weighted by atomic mass is 16.5. The summed E-state index contributed by atoms with van der Waals surface area (Å²) in [5.41, 5.74) is 6.19. The molecule has 1 aromatic carbocycles. The first-order chi connectivity index (χ1) is 32.8. The molecule has 0 fully saturated rings. The number of aliphatic carboxylic acids is 3. The molecule has 0 aliphatic carbocycles. The minimum absolute atomic E-state index is 0.0640. The number of rotatable bonds is 43. The number of carbonyl (C=O) groups is 10. The number of likely N-dealkylation sites (N-methyl/N-ethyl adjacent to an activating group) is 1. The van der Waals surface area contributed by atoms with Gasteiger partial charge in [-0.25, -0.2) is 14.4 Å². The predicted octanol–water partition coefficient (Wildman–Crippen LogP) is 4.72. The number of Topliss-reactive ketones (excluding diaryl/α,β-unsaturated/α-hetero) is 3. The van der Waals surface area contributed by atoms with Gasteiger partial charge in [0.15, 0.2) is 0 Å². The highest BCUT2D eigenvalue weighted by molar-refractivity contribution is 5.88. The highest BCUT2D eigenvalue weighted by Gasteiger charge is 2.27. The Morgan fingerprint density at radius 1 is 0.551 bits per heavy atom. The summed E-state index contributed by atoms with van der Waals surface area (Å²) in [6, 6.07) is 2.58. The van der Waals surface area contributed by atoms with E-state index in [1.54, 1.807) is 19.2 Å². The largest absolute Gasteiger partial charge is 0.494 e. The molecule has 5 atom stereocenters. The zero-order valence-corrected chi connectivity index (χ0v) is 40.4. The van der Waals surface area contributed by atoms with E-state index in [-0.39, 0.29) is 74.0 Å². The molecule has 0 bridgehead atoms. The third-order valence-corrected chi connectivity index (χ3v) is 11.8. The smallest absolute Gasteiger partial charge is 0.335 e. The predicted molar refractivity (Wildman–Crippen MR) is 254 cm³/mol. The number of nitrogens with two attached hydrogens (primary N) is 1. The van der Waals surface area contributed by atoms with Gasteiger partial charge in [0.2, 0.25) is 17.7 Å². The number of amides is 3. The van der Waals surface area contributed by atoms with Gasteiger partial charge < -0.3 is 52.2 Å². The Kier molecular flexibility index (Phi) is 32.2. The molecule has 10 N–H and O–H groups in total. The van der Waals surface area contributed by atoms with E-state index in [0.717, 1.165) is 51.4 Å². The number of carboxylic acid groups (broad SMARTS) is 4. The molecule has 0 radical (unpaired) electrons. The SMILES string of the molecule is CN[C@@H](CCCCNC(=O)[C@@H](N)CCCCCC(=O)CC[C@H](NC(=O)CC[C@H](CC(=O)CC[C@H](NC(=O)CCCCCCCCCCOc1ccc(C(=O)O)cc1)C(=O)O)C(=O)O)C(=O)O)C(C)=O. The van der Waals surface area contributed by atoms with Crippen molar-refractivity contribution in [3.63, 3.8) is 0 Å². The molecule has 0 aliphatic rings. The summed E-state index contributed by atoms with van der Waals surface area (Å²) in [6.45, 7) is 2.51. The third-order valence-electron chi connectivity index (χ3n) is 11.8. The molecule has 388 valence electrons. The summed E-state index contributed by atoms with van der Waals surface area (Å²) < 4.78 is 5.64. The molecule has 3 amide bonds. The Bertz CT molecular complexity index is 1790. The second kappa shape index (κ2) is 36.3. The molecule has 69 heavy (non-hydrogen) atoms. The van der Waals surface area contributed by atoms with Gasteiger partial charge in [0.05, 0.1) is 30.2 Å². The van der Waals surface area contributed by atoms with Crippen molar-refractivity contribution in [3.8, 4) is 5.75 Å². The fourth-order valence-corrected chi connectivity index (χ4v) is 7.47. The Morgan fingerprint density at radius 2 is 1.07 bits per heavy atom. The van der Waals surface area contributed by atoms with E-state index in [9.17, 15) is 63.3 Å². The summed E-state index contributed by atoms with van der Waals surface area (Å²) in [5, 5.41) is 48.4. The summed E-state index contributed by atoms with van der Waals surface area (Å²) in [5.74, 6) is -8.01. The fourth-order valence-electron chi connectivity index (χ4n) is 7.47. The number of benzene rings is 1. The minimum Gasteiger partial charge on any atom is -0.494 e. The first kappa shape index (κ1) is 61.3. The number of ketones is 3. The van der Waals surface area contributed by atoms with Gasteiger partial charge in [-0.15, -0.1) is 0 Å². The van der Waals surface area contributed by atoms with E-state index in [4.69, 9.17) is 15.6 Å². The monoisotopic (exact) mass is 976 g/mol. The second-order valence-corrected chi connectivity index (χ2v) is 17.6. The Balaban J connectivity index is 2.28. The maximum atomic E-state index is 12.7. The van der Waals surface area contributed by atoms with Gasteiger partial charge >= 0.3 is 23.9 Å². The van der Waals surface area contributed by atoms with Crippen LogP contribution in [0.5, 0.6) is 5.75 Å². The van der Waals surface area contributed by atoms with Crippen LogP contribution in [0.4, 0.5) is 0 Å². The molecule has 1 aromatic rings. The van der Waals surface area contributed by atoms with Gasteiger partial charge in [-0.2, -0.15) is 0 Å². The lowest BCUT2D eigenvalue weighted by molar-refractivity contribution is -0.145. The number of nitrogens with one attached hydrogen (secondary N) is 4. The van der Waals surface area contributed by atoms with Crippen LogP contribution in [0.15, 0.2) is 24.3 Å². The van der Waals surface area contributed by atoms with Gasteiger partial charge in [-0.3, -0.25) is 33.6 Å². The van der Waals surface area contributed by atoms with Crippen molar-refractivity contribution in [1.82, 2.24) is 21.3 Å². The standard InChI is InChI=1S/C49H77N5O15/c1-33(55)40(51-2)18-13-14-30-52-45(60)39(50)17-11-9-10-16-36(56)23-27-41(48(65)66)54-44(59)29-22-35(47(63)64)32-37(57)24-28-42(49(67)68)53-43(58)19-12-7-5-3-4-6-8-15-31-69-38-25-20-34(21-26-38)46(61)62/h20-21,25-26,35,39-42,51H,3-19,22-24,27-32,50H2,1-2H3,(H,52,60)(H,53,58)(H,54,59)(H,61,62)(H,63,64)(H,65,66)(H,67,68)/t35-,39+,40+,41+,42+/m1/s1. The van der Waals surface area contributed by atoms with Crippen LogP contribution < -0.4 is 31.7 Å². The molecular weight excluding hydrogens is 899 g/mol. The lowest BCUT2D eigenvalue weighted by Crippen LogP contribution is -2.41. The Labute approximate surface area is 405 Å². The van der Waals surface area contributed by atoms with Crippen LogP contribution in [-0.2, 0) is 43.2 Å². The number of carboxylic acids is 4. The number of unbranched alkanes of at least 4 members (excludes halogenated alkanes) is 10. The van der Waals surface area contributed by atoms with Crippen LogP contribution in [0.1, 0.15) is 171 Å². The van der Waals surface area contributed by atoms with Gasteiger partial charge in [0, 0.05) is 45.1 Å². The lowest BCUT2D eigenvalue weighted by atomic mass is 9.94. The van der Waals surface area contributed by atoms with Crippen molar-refractivity contribution in [1.29, 1.82) is 0 Å². The van der Waals surface area contributed by atoms with E-state index < -0.39 is 78.4 Å². The summed E-state index contributed by atoms with van der Waals surface area (Å²) in [7, 11) is 1.73. The highest BCUT2D eigenvalue weighted by Crippen LogP contribution is 2.17. The Morgan fingerprint density at radius 3 is 1.62 bits per heavy atom. The molecule has 0 saturated carbocycles. The maximum Gasteiger partial charge on any atom is 0.335 e. The van der Waals surface area contributed by atoms with Crippen molar-refractivity contribution < 1.29 is 73.1 Å². The Hall–Kier alpha value is -5.76. The molecule has 0 saturated heterocycles. The van der Waals surface area contributed by atoms with Crippen molar-refractivity contribution in [3.05, 3.63) is 29.8 Å². The molecule has 0 unspecified atom stereocenters. The van der Waals surface area contributed by atoms with Gasteiger partial charge in [0.1, 0.15) is 35.2 Å². The molecule has 20 nitrogen and oxygen atoms in total. The molecule has 0 heterocycles. The van der Waals surface area contributed by atoms with Gasteiger partial charge in [0.25, 0.3) is 0 Å². The van der Waals surface area contributed by atoms with Crippen molar-refractivity contribution in [2.24, 2.45) is 11.7 Å². The van der Waals surface area contributed by atoms with Crippen LogP contribution in [0.25, 0.3) is 0 Å². The molecule has 0 spiro atoms. The van der Waals surface area contributed by atoms with Gasteiger partial charge in [-0.05, 0) is 102 Å². The average molecular weight is 976 g/mol. The average Bonchev–Trinajstić information content (AvgIpc) is 3.30. The number of ether oxygens (including phenoxy) is 1. The first-order valence-corrected chi connectivity index (χ1v) is 24.3. The maximum absolute atomic E-state index is 12.7. The van der Waals surface area contributed by atoms with Crippen LogP contribution in [0.2, 0.25) is 0 Å². The van der Waals surface area contributed by atoms with Crippen LogP contribution in [0.3, 0.4) is 0 Å². The quantitative estimate of drug-likeness (QED) is 0.0400. The van der Waals surface area contributed by atoms with E-state index in [0.29, 0.717) is 63.8 Å². The third kappa shape index (κ3) is 29.7. The van der Waals surface area contributed by atoms with E-state index in [1.807, 2.05) is 0 Å². The first-order valence-electron chi connectivity index (χ1n) is 24.3. The molecular formula is C49H77N5O15. The number of carbonyl (C=O) groups excluding carboxylic acids is 6.